The van der Waals surface area contributed by atoms with Gasteiger partial charge in [-0.15, -0.1) is 0 Å². The first-order chi connectivity index (χ1) is 9.40. The van der Waals surface area contributed by atoms with Gasteiger partial charge in [-0.25, -0.2) is 13.1 Å². The second-order valence-electron chi connectivity index (χ2n) is 4.51. The molecule has 0 heterocycles. The molecular weight excluding hydrogens is 276 g/mol. The third-order valence-electron chi connectivity index (χ3n) is 3.19. The number of carbonyl (C=O) groups is 1. The van der Waals surface area contributed by atoms with Crippen LogP contribution in [0.25, 0.3) is 0 Å². The highest BCUT2D eigenvalue weighted by atomic mass is 32.2. The number of nitrogens with zero attached hydrogens (tertiary/aromatic N) is 1. The van der Waals surface area contributed by atoms with Gasteiger partial charge in [-0.1, -0.05) is 26.0 Å². The van der Waals surface area contributed by atoms with Crippen molar-refractivity contribution in [2.24, 2.45) is 0 Å². The van der Waals surface area contributed by atoms with Crippen LogP contribution in [0.2, 0.25) is 0 Å². The van der Waals surface area contributed by atoms with Crippen molar-refractivity contribution < 1.29 is 13.2 Å². The monoisotopic (exact) mass is 298 g/mol. The molecule has 0 spiro atoms. The third kappa shape index (κ3) is 4.70. The molecule has 0 bridgehead atoms. The highest BCUT2D eigenvalue weighted by Crippen LogP contribution is 2.10. The van der Waals surface area contributed by atoms with E-state index < -0.39 is 10.0 Å². The first-order valence-corrected chi connectivity index (χ1v) is 8.22. The van der Waals surface area contributed by atoms with Gasteiger partial charge >= 0.3 is 0 Å². The molecule has 1 rings (SSSR count). The van der Waals surface area contributed by atoms with Gasteiger partial charge in [-0.05, 0) is 32.1 Å². The smallest absolute Gasteiger partial charge is 0.240 e. The fourth-order valence-electron chi connectivity index (χ4n) is 1.83. The minimum Gasteiger partial charge on any atom is -0.303 e. The zero-order chi connectivity index (χ0) is 15.2. The molecule has 0 aliphatic carbocycles. The third-order valence-corrected chi connectivity index (χ3v) is 4.66. The topological polar surface area (TPSA) is 66.5 Å². The van der Waals surface area contributed by atoms with Crippen LogP contribution in [0.4, 0.5) is 0 Å². The fraction of sp³-hybridized carbons (Fsp3) is 0.500. The number of hydrogen-bond donors (Lipinski definition) is 1. The minimum absolute atomic E-state index is 0.0801. The number of hydrogen-bond acceptors (Lipinski definition) is 4. The quantitative estimate of drug-likeness (QED) is 0.739. The lowest BCUT2D eigenvalue weighted by atomic mass is 10.2. The highest BCUT2D eigenvalue weighted by molar-refractivity contribution is 7.89. The predicted octanol–water partition coefficient (Wildman–Crippen LogP) is 1.51. The van der Waals surface area contributed by atoms with Crippen molar-refractivity contribution in [1.82, 2.24) is 9.62 Å². The molecule has 0 amide bonds. The summed E-state index contributed by atoms with van der Waals surface area (Å²) in [6.07, 6.45) is 0. The number of nitrogens with one attached hydrogen (secondary N) is 1. The SMILES string of the molecule is CCN(CC)CCNS(=O)(=O)c1ccc(C(C)=O)cc1. The van der Waals surface area contributed by atoms with Crippen LogP contribution in [0, 0.1) is 0 Å². The molecule has 1 aromatic carbocycles. The Hall–Kier alpha value is -1.24. The first kappa shape index (κ1) is 16.8. The molecule has 0 aromatic heterocycles. The Morgan fingerprint density at radius 2 is 1.70 bits per heavy atom. The summed E-state index contributed by atoms with van der Waals surface area (Å²) in [6.45, 7) is 8.37. The molecule has 5 nitrogen and oxygen atoms in total. The largest absolute Gasteiger partial charge is 0.303 e. The molecule has 6 heteroatoms. The molecule has 0 radical (unpaired) electrons. The zero-order valence-corrected chi connectivity index (χ0v) is 13.0. The van der Waals surface area contributed by atoms with Gasteiger partial charge in [0.1, 0.15) is 0 Å². The molecule has 20 heavy (non-hydrogen) atoms. The van der Waals surface area contributed by atoms with E-state index in [9.17, 15) is 13.2 Å². The summed E-state index contributed by atoms with van der Waals surface area (Å²) in [4.78, 5) is 13.5. The van der Waals surface area contributed by atoms with Crippen molar-refractivity contribution in [2.45, 2.75) is 25.7 Å². The summed E-state index contributed by atoms with van der Waals surface area (Å²) >= 11 is 0. The van der Waals surface area contributed by atoms with Gasteiger partial charge in [0.15, 0.2) is 5.78 Å². The molecule has 0 unspecified atom stereocenters. The van der Waals surface area contributed by atoms with Crippen LogP contribution in [-0.4, -0.2) is 45.3 Å². The maximum absolute atomic E-state index is 12.1. The second-order valence-corrected chi connectivity index (χ2v) is 6.27. The Bertz CT molecular complexity index is 534. The molecular formula is C14H22N2O3S. The van der Waals surface area contributed by atoms with Crippen molar-refractivity contribution in [3.63, 3.8) is 0 Å². The molecule has 1 aromatic rings. The molecule has 0 fully saturated rings. The molecule has 0 saturated carbocycles. The van der Waals surface area contributed by atoms with Crippen LogP contribution in [0.1, 0.15) is 31.1 Å². The van der Waals surface area contributed by atoms with Gasteiger partial charge in [-0.2, -0.15) is 0 Å². The van der Waals surface area contributed by atoms with Crippen LogP contribution in [0.15, 0.2) is 29.2 Å². The van der Waals surface area contributed by atoms with Crippen LogP contribution >= 0.6 is 0 Å². The summed E-state index contributed by atoms with van der Waals surface area (Å²) in [7, 11) is -3.50. The van der Waals surface area contributed by atoms with Crippen molar-refractivity contribution in [3.8, 4) is 0 Å². The average Bonchev–Trinajstić information content (AvgIpc) is 2.43. The standard InChI is InChI=1S/C14H22N2O3S/c1-4-16(5-2)11-10-15-20(18,19)14-8-6-13(7-9-14)12(3)17/h6-9,15H,4-5,10-11H2,1-3H3. The predicted molar refractivity (Wildman–Crippen MR) is 79.4 cm³/mol. The van der Waals surface area contributed by atoms with Crippen LogP contribution in [-0.2, 0) is 10.0 Å². The maximum atomic E-state index is 12.1. The zero-order valence-electron chi connectivity index (χ0n) is 12.2. The summed E-state index contributed by atoms with van der Waals surface area (Å²) in [5.74, 6) is -0.0801. The molecule has 1 N–H and O–H groups in total. The van der Waals surface area contributed by atoms with Crippen LogP contribution < -0.4 is 4.72 Å². The van der Waals surface area contributed by atoms with Crippen LogP contribution in [0.3, 0.4) is 0 Å². The highest BCUT2D eigenvalue weighted by Gasteiger charge is 2.14. The Labute approximate surface area is 121 Å². The van der Waals surface area contributed by atoms with E-state index in [1.54, 1.807) is 0 Å². The van der Waals surface area contributed by atoms with Gasteiger partial charge in [0.2, 0.25) is 10.0 Å². The number of sulfonamides is 1. The minimum atomic E-state index is -3.50. The Morgan fingerprint density at radius 3 is 2.15 bits per heavy atom. The Balaban J connectivity index is 2.66. The van der Waals surface area contributed by atoms with E-state index in [2.05, 4.69) is 9.62 Å². The lowest BCUT2D eigenvalue weighted by Crippen LogP contribution is -2.34. The number of Topliss-reactive ketones (excluding diaryl/α,β-unsaturated/α-hetero) is 1. The molecule has 0 saturated heterocycles. The Morgan fingerprint density at radius 1 is 1.15 bits per heavy atom. The van der Waals surface area contributed by atoms with Gasteiger partial charge in [-0.3, -0.25) is 4.79 Å². The van der Waals surface area contributed by atoms with E-state index in [1.807, 2.05) is 13.8 Å². The second kappa shape index (κ2) is 7.52. The lowest BCUT2D eigenvalue weighted by molar-refractivity contribution is 0.101. The number of benzene rings is 1. The maximum Gasteiger partial charge on any atom is 0.240 e. The number of ketones is 1. The van der Waals surface area contributed by atoms with E-state index in [0.717, 1.165) is 13.1 Å². The Kier molecular flexibility index (Phi) is 6.32. The molecule has 112 valence electrons. The summed E-state index contributed by atoms with van der Waals surface area (Å²) in [6, 6.07) is 5.97. The van der Waals surface area contributed by atoms with Crippen molar-refractivity contribution >= 4 is 15.8 Å². The summed E-state index contributed by atoms with van der Waals surface area (Å²) < 4.78 is 26.7. The van der Waals surface area contributed by atoms with Crippen molar-refractivity contribution in [2.75, 3.05) is 26.2 Å². The fourth-order valence-corrected chi connectivity index (χ4v) is 2.85. The van der Waals surface area contributed by atoms with E-state index in [0.29, 0.717) is 18.7 Å². The van der Waals surface area contributed by atoms with E-state index in [1.165, 1.54) is 31.2 Å². The van der Waals surface area contributed by atoms with E-state index in [-0.39, 0.29) is 10.7 Å². The van der Waals surface area contributed by atoms with Gasteiger partial charge in [0, 0.05) is 18.7 Å². The van der Waals surface area contributed by atoms with Crippen LogP contribution in [0.5, 0.6) is 0 Å². The summed E-state index contributed by atoms with van der Waals surface area (Å²) in [5, 5.41) is 0. The normalized spacial score (nSPS) is 11.8. The van der Waals surface area contributed by atoms with Gasteiger partial charge < -0.3 is 4.90 Å². The molecule has 0 aliphatic heterocycles. The number of carbonyl (C=O) groups excluding carboxylic acids is 1. The van der Waals surface area contributed by atoms with Crippen molar-refractivity contribution in [1.29, 1.82) is 0 Å². The first-order valence-electron chi connectivity index (χ1n) is 6.73. The number of rotatable bonds is 8. The van der Waals surface area contributed by atoms with Crippen molar-refractivity contribution in [3.05, 3.63) is 29.8 Å². The van der Waals surface area contributed by atoms with Gasteiger partial charge in [0.05, 0.1) is 4.90 Å². The van der Waals surface area contributed by atoms with E-state index in [4.69, 9.17) is 0 Å². The molecule has 0 atom stereocenters. The number of likely N-dealkylation sites (N-methyl/N-ethyl adjacent to an activating group) is 1. The lowest BCUT2D eigenvalue weighted by Gasteiger charge is -2.18. The molecule has 0 aliphatic rings. The van der Waals surface area contributed by atoms with E-state index >= 15 is 0 Å². The average molecular weight is 298 g/mol. The van der Waals surface area contributed by atoms with Gasteiger partial charge in [0.25, 0.3) is 0 Å². The summed E-state index contributed by atoms with van der Waals surface area (Å²) in [5.41, 5.74) is 0.507.